The number of nitrogens with one attached hydrogen (secondary N) is 1. The van der Waals surface area contributed by atoms with Crippen LogP contribution in [-0.2, 0) is 32.6 Å². The monoisotopic (exact) mass is 784 g/mol. The summed E-state index contributed by atoms with van der Waals surface area (Å²) in [5.74, 6) is -0.901. The van der Waals surface area contributed by atoms with E-state index in [-0.39, 0.29) is 40.9 Å². The van der Waals surface area contributed by atoms with Gasteiger partial charge in [-0.2, -0.15) is 0 Å². The van der Waals surface area contributed by atoms with Crippen LogP contribution in [-0.4, -0.2) is 56.3 Å². The topological polar surface area (TPSA) is 139 Å². The number of hydrogen-bond donors (Lipinski definition) is 1. The molecule has 0 aliphatic heterocycles. The molecule has 4 aromatic carbocycles. The average molecular weight is 786 g/mol. The van der Waals surface area contributed by atoms with Gasteiger partial charge in [0.15, 0.2) is 0 Å². The second kappa shape index (κ2) is 17.0. The van der Waals surface area contributed by atoms with Gasteiger partial charge in [-0.1, -0.05) is 89.9 Å². The van der Waals surface area contributed by atoms with Crippen LogP contribution >= 0.6 is 27.5 Å². The van der Waals surface area contributed by atoms with Gasteiger partial charge in [0.2, 0.25) is 11.8 Å². The van der Waals surface area contributed by atoms with Crippen molar-refractivity contribution in [2.75, 3.05) is 24.5 Å². The van der Waals surface area contributed by atoms with E-state index in [9.17, 15) is 28.1 Å². The molecule has 4 rings (SSSR count). The number of rotatable bonds is 15. The van der Waals surface area contributed by atoms with Crippen molar-refractivity contribution >= 4 is 60.7 Å². The zero-order valence-corrected chi connectivity index (χ0v) is 31.2. The maximum Gasteiger partial charge on any atom is 0.273 e. The van der Waals surface area contributed by atoms with E-state index in [2.05, 4.69) is 21.2 Å². The zero-order valence-electron chi connectivity index (χ0n) is 28.0. The molecule has 1 N–H and O–H groups in total. The molecule has 4 aromatic rings. The number of anilines is 1. The van der Waals surface area contributed by atoms with E-state index in [0.717, 1.165) is 20.4 Å². The predicted molar refractivity (Wildman–Crippen MR) is 197 cm³/mol. The molecule has 0 fully saturated rings. The number of ether oxygens (including phenoxy) is 1. The van der Waals surface area contributed by atoms with Crippen molar-refractivity contribution in [2.24, 2.45) is 5.92 Å². The molecule has 0 aliphatic carbocycles. The second-order valence-corrected chi connectivity index (χ2v) is 15.2. The van der Waals surface area contributed by atoms with Gasteiger partial charge in [-0.05, 0) is 60.4 Å². The summed E-state index contributed by atoms with van der Waals surface area (Å²) in [5.41, 5.74) is 1.27. The van der Waals surface area contributed by atoms with Crippen LogP contribution in [0, 0.1) is 23.0 Å². The van der Waals surface area contributed by atoms with E-state index in [0.29, 0.717) is 12.1 Å². The van der Waals surface area contributed by atoms with Crippen LogP contribution in [0.1, 0.15) is 30.5 Å². The molecular weight excluding hydrogens is 748 g/mol. The summed E-state index contributed by atoms with van der Waals surface area (Å²) in [7, 11) is -3.34. The van der Waals surface area contributed by atoms with Crippen LogP contribution in [0.5, 0.6) is 5.75 Å². The average Bonchev–Trinajstić information content (AvgIpc) is 3.08. The number of aryl methyl sites for hydroxylation is 1. The van der Waals surface area contributed by atoms with Crippen molar-refractivity contribution in [1.82, 2.24) is 10.2 Å². The van der Waals surface area contributed by atoms with Crippen LogP contribution in [0.3, 0.4) is 0 Å². The third-order valence-corrected chi connectivity index (χ3v) is 10.4. The van der Waals surface area contributed by atoms with Crippen LogP contribution in [0.25, 0.3) is 0 Å². The molecule has 2 amide bonds. The molecule has 0 unspecified atom stereocenters. The Balaban J connectivity index is 1.88. The molecule has 14 heteroatoms. The molecule has 0 saturated heterocycles. The van der Waals surface area contributed by atoms with E-state index in [1.54, 1.807) is 24.3 Å². The smallest absolute Gasteiger partial charge is 0.273 e. The van der Waals surface area contributed by atoms with E-state index in [1.807, 2.05) is 44.2 Å². The predicted octanol–water partition coefficient (Wildman–Crippen LogP) is 6.94. The van der Waals surface area contributed by atoms with Crippen LogP contribution in [0.2, 0.25) is 5.02 Å². The summed E-state index contributed by atoms with van der Waals surface area (Å²) < 4.78 is 36.1. The number of hydrogen-bond acceptors (Lipinski definition) is 7. The number of nitrogens with zero attached hydrogens (tertiary/aromatic N) is 3. The molecule has 0 spiro atoms. The SMILES string of the molecule is COc1ccc(Cl)cc1N(CC(=O)N(Cc1ccc(Br)cc1)[C@@H](Cc1ccccc1)C(=O)NCC(C)C)S(=O)(=O)c1ccc(C)c([N+](=O)[O-])c1. The summed E-state index contributed by atoms with van der Waals surface area (Å²) in [6.45, 7) is 4.93. The van der Waals surface area contributed by atoms with Crippen LogP contribution in [0.4, 0.5) is 11.4 Å². The van der Waals surface area contributed by atoms with Gasteiger partial charge in [-0.25, -0.2) is 8.42 Å². The normalized spacial score (nSPS) is 11.9. The molecular formula is C36H38BrClN4O7S. The van der Waals surface area contributed by atoms with Crippen LogP contribution < -0.4 is 14.4 Å². The standard InChI is InChI=1S/C36H38BrClN4O7S/c1-24(2)21-39-36(44)33(18-26-8-6-5-7-9-26)40(22-27-11-13-28(37)14-12-27)35(43)23-41(32-19-29(38)15-17-34(32)49-4)50(47,48)30-16-10-25(3)31(20-30)42(45)46/h5-17,19-20,24,33H,18,21-23H2,1-4H3,(H,39,44)/t33-/m0/s1. The number of benzene rings is 4. The van der Waals surface area contributed by atoms with Crippen molar-refractivity contribution in [2.45, 2.75) is 44.7 Å². The first kappa shape index (κ1) is 38.3. The van der Waals surface area contributed by atoms with Crippen molar-refractivity contribution in [3.05, 3.63) is 127 Å². The van der Waals surface area contributed by atoms with E-state index in [1.165, 1.54) is 49.3 Å². The lowest BCUT2D eigenvalue weighted by molar-refractivity contribution is -0.385. The summed E-state index contributed by atoms with van der Waals surface area (Å²) in [6.07, 6.45) is 0.143. The van der Waals surface area contributed by atoms with Gasteiger partial charge in [-0.3, -0.25) is 24.0 Å². The maximum atomic E-state index is 14.7. The number of halogens is 2. The molecule has 11 nitrogen and oxygen atoms in total. The maximum absolute atomic E-state index is 14.7. The van der Waals surface area contributed by atoms with Crippen molar-refractivity contribution in [3.63, 3.8) is 0 Å². The van der Waals surface area contributed by atoms with E-state index >= 15 is 0 Å². The van der Waals surface area contributed by atoms with Gasteiger partial charge in [0, 0.05) is 40.6 Å². The molecule has 0 saturated carbocycles. The Morgan fingerprint density at radius 3 is 2.28 bits per heavy atom. The zero-order chi connectivity index (χ0) is 36.6. The molecule has 50 heavy (non-hydrogen) atoms. The third-order valence-electron chi connectivity index (χ3n) is 7.88. The first-order valence-electron chi connectivity index (χ1n) is 15.7. The van der Waals surface area contributed by atoms with Gasteiger partial charge < -0.3 is 15.0 Å². The quantitative estimate of drug-likeness (QED) is 0.102. The van der Waals surface area contributed by atoms with Crippen LogP contribution in [0.15, 0.2) is 100 Å². The summed E-state index contributed by atoms with van der Waals surface area (Å²) >= 11 is 9.77. The first-order chi connectivity index (χ1) is 23.7. The minimum atomic E-state index is -4.67. The number of nitro benzene ring substituents is 1. The number of sulfonamides is 1. The number of methoxy groups -OCH3 is 1. The minimum Gasteiger partial charge on any atom is -0.495 e. The first-order valence-corrected chi connectivity index (χ1v) is 18.3. The Bertz CT molecular complexity index is 1940. The number of amides is 2. The van der Waals surface area contributed by atoms with Gasteiger partial charge in [0.05, 0.1) is 22.6 Å². The lowest BCUT2D eigenvalue weighted by Gasteiger charge is -2.34. The summed E-state index contributed by atoms with van der Waals surface area (Å²) in [5, 5.41) is 14.9. The molecule has 0 radical (unpaired) electrons. The summed E-state index contributed by atoms with van der Waals surface area (Å²) in [6, 6.07) is 23.2. The lowest BCUT2D eigenvalue weighted by atomic mass is 10.0. The third kappa shape index (κ3) is 9.61. The summed E-state index contributed by atoms with van der Waals surface area (Å²) in [4.78, 5) is 40.7. The van der Waals surface area contributed by atoms with Gasteiger partial charge in [0.1, 0.15) is 18.3 Å². The lowest BCUT2D eigenvalue weighted by Crippen LogP contribution is -2.53. The Morgan fingerprint density at radius 1 is 0.980 bits per heavy atom. The highest BCUT2D eigenvalue weighted by atomic mass is 79.9. The highest BCUT2D eigenvalue weighted by molar-refractivity contribution is 9.10. The minimum absolute atomic E-state index is 0.0325. The largest absolute Gasteiger partial charge is 0.495 e. The number of carbonyl (C=O) groups excluding carboxylic acids is 2. The molecule has 1 atom stereocenters. The van der Waals surface area contributed by atoms with Gasteiger partial charge in [-0.15, -0.1) is 0 Å². The molecule has 0 aromatic heterocycles. The fourth-order valence-electron chi connectivity index (χ4n) is 5.21. The second-order valence-electron chi connectivity index (χ2n) is 12.0. The van der Waals surface area contributed by atoms with Crippen molar-refractivity contribution in [1.29, 1.82) is 0 Å². The Kier molecular flexibility index (Phi) is 13.0. The van der Waals surface area contributed by atoms with E-state index < -0.39 is 49.9 Å². The van der Waals surface area contributed by atoms with Gasteiger partial charge in [0.25, 0.3) is 15.7 Å². The fourth-order valence-corrected chi connectivity index (χ4v) is 7.08. The highest BCUT2D eigenvalue weighted by Gasteiger charge is 2.36. The Hall–Kier alpha value is -4.46. The Morgan fingerprint density at radius 2 is 1.66 bits per heavy atom. The molecule has 0 aliphatic rings. The Labute approximate surface area is 305 Å². The number of carbonyl (C=O) groups is 2. The number of nitro groups is 1. The van der Waals surface area contributed by atoms with Crippen molar-refractivity contribution in [3.8, 4) is 5.75 Å². The molecule has 0 bridgehead atoms. The fraction of sp³-hybridized carbons (Fsp3) is 0.278. The van der Waals surface area contributed by atoms with Gasteiger partial charge >= 0.3 is 0 Å². The highest BCUT2D eigenvalue weighted by Crippen LogP contribution is 2.36. The molecule has 0 heterocycles. The van der Waals surface area contributed by atoms with Crippen molar-refractivity contribution < 1.29 is 27.7 Å². The molecule has 264 valence electrons. The van der Waals surface area contributed by atoms with E-state index in [4.69, 9.17) is 16.3 Å².